The number of rotatable bonds is 7. The Balaban J connectivity index is 1.90. The van der Waals surface area contributed by atoms with Gasteiger partial charge < -0.3 is 5.32 Å². The third-order valence-electron chi connectivity index (χ3n) is 3.78. The molecule has 0 fully saturated rings. The average molecular weight is 309 g/mol. The molecular formula is C18H19N3O2. The lowest BCUT2D eigenvalue weighted by Gasteiger charge is -2.17. The first-order valence-corrected chi connectivity index (χ1v) is 7.51. The molecule has 2 aromatic rings. The van der Waals surface area contributed by atoms with Gasteiger partial charge in [-0.2, -0.15) is 5.26 Å². The largest absolute Gasteiger partial charge is 0.309 e. The summed E-state index contributed by atoms with van der Waals surface area (Å²) in [6, 6.07) is 18.9. The van der Waals surface area contributed by atoms with Crippen molar-refractivity contribution in [2.24, 2.45) is 5.92 Å². The van der Waals surface area contributed by atoms with E-state index in [-0.39, 0.29) is 17.6 Å². The molecule has 2 atom stereocenters. The van der Waals surface area contributed by atoms with Crippen LogP contribution in [0.25, 0.3) is 0 Å². The molecule has 0 aliphatic rings. The number of nitrogens with one attached hydrogen (secondary N) is 1. The first-order valence-electron chi connectivity index (χ1n) is 7.51. The van der Waals surface area contributed by atoms with Gasteiger partial charge in [-0.3, -0.25) is 10.1 Å². The van der Waals surface area contributed by atoms with Crippen molar-refractivity contribution in [3.05, 3.63) is 75.8 Å². The van der Waals surface area contributed by atoms with Crippen LogP contribution in [0.15, 0.2) is 54.6 Å². The quantitative estimate of drug-likeness (QED) is 0.625. The van der Waals surface area contributed by atoms with Crippen molar-refractivity contribution in [2.45, 2.75) is 19.4 Å². The molecule has 0 saturated heterocycles. The normalized spacial score (nSPS) is 13.0. The van der Waals surface area contributed by atoms with Gasteiger partial charge in [-0.25, -0.2) is 0 Å². The van der Waals surface area contributed by atoms with Gasteiger partial charge in [0.05, 0.1) is 16.9 Å². The van der Waals surface area contributed by atoms with Crippen LogP contribution < -0.4 is 5.32 Å². The third kappa shape index (κ3) is 4.90. The summed E-state index contributed by atoms with van der Waals surface area (Å²) in [5.41, 5.74) is 2.17. The van der Waals surface area contributed by atoms with Crippen molar-refractivity contribution in [3.63, 3.8) is 0 Å². The van der Waals surface area contributed by atoms with Crippen LogP contribution in [0, 0.1) is 27.4 Å². The summed E-state index contributed by atoms with van der Waals surface area (Å²) < 4.78 is 0. The summed E-state index contributed by atoms with van der Waals surface area (Å²) in [5.74, 6) is -0.178. The number of nitriles is 1. The predicted molar refractivity (Wildman–Crippen MR) is 88.8 cm³/mol. The van der Waals surface area contributed by atoms with Crippen LogP contribution in [0.2, 0.25) is 0 Å². The molecule has 23 heavy (non-hydrogen) atoms. The van der Waals surface area contributed by atoms with Crippen molar-refractivity contribution in [2.75, 3.05) is 6.54 Å². The van der Waals surface area contributed by atoms with Crippen molar-refractivity contribution < 1.29 is 4.92 Å². The zero-order valence-corrected chi connectivity index (χ0v) is 13.0. The summed E-state index contributed by atoms with van der Waals surface area (Å²) in [6.45, 7) is 2.64. The van der Waals surface area contributed by atoms with Crippen LogP contribution in [-0.2, 0) is 6.42 Å². The van der Waals surface area contributed by atoms with Gasteiger partial charge in [-0.15, -0.1) is 0 Å². The molecule has 0 bridgehead atoms. The zero-order valence-electron chi connectivity index (χ0n) is 13.0. The van der Waals surface area contributed by atoms with E-state index in [1.54, 1.807) is 12.1 Å². The van der Waals surface area contributed by atoms with Crippen molar-refractivity contribution in [1.82, 2.24) is 5.32 Å². The Morgan fingerprint density at radius 1 is 1.17 bits per heavy atom. The molecule has 0 spiro atoms. The summed E-state index contributed by atoms with van der Waals surface area (Å²) in [5, 5.41) is 23.3. The van der Waals surface area contributed by atoms with Gasteiger partial charge >= 0.3 is 0 Å². The second kappa shape index (κ2) is 8.06. The molecule has 5 heteroatoms. The monoisotopic (exact) mass is 309 g/mol. The number of nitro groups is 1. The van der Waals surface area contributed by atoms with E-state index in [2.05, 4.69) is 30.4 Å². The Hall–Kier alpha value is -2.71. The number of hydrogen-bond acceptors (Lipinski definition) is 4. The fourth-order valence-corrected chi connectivity index (χ4v) is 2.38. The van der Waals surface area contributed by atoms with Crippen LogP contribution in [0.3, 0.4) is 0 Å². The smallest absolute Gasteiger partial charge is 0.269 e. The van der Waals surface area contributed by atoms with E-state index in [4.69, 9.17) is 0 Å². The highest BCUT2D eigenvalue weighted by molar-refractivity contribution is 5.33. The number of hydrogen-bond donors (Lipinski definition) is 1. The lowest BCUT2D eigenvalue weighted by Crippen LogP contribution is -2.26. The molecule has 0 aliphatic carbocycles. The summed E-state index contributed by atoms with van der Waals surface area (Å²) in [6.07, 6.45) is 0.572. The topological polar surface area (TPSA) is 79.0 Å². The third-order valence-corrected chi connectivity index (χ3v) is 3.78. The highest BCUT2D eigenvalue weighted by Crippen LogP contribution is 2.16. The highest BCUT2D eigenvalue weighted by atomic mass is 16.6. The van der Waals surface area contributed by atoms with Gasteiger partial charge in [0.25, 0.3) is 5.69 Å². The summed E-state index contributed by atoms with van der Waals surface area (Å²) in [4.78, 5) is 10.2. The fraction of sp³-hybridized carbons (Fsp3) is 0.278. The molecule has 0 aromatic heterocycles. The van der Waals surface area contributed by atoms with E-state index in [0.717, 1.165) is 5.56 Å². The van der Waals surface area contributed by atoms with Gasteiger partial charge in [0.2, 0.25) is 0 Å². The predicted octanol–water partition coefficient (Wildman–Crippen LogP) is 3.63. The van der Waals surface area contributed by atoms with E-state index >= 15 is 0 Å². The lowest BCUT2D eigenvalue weighted by atomic mass is 9.99. The molecule has 0 radical (unpaired) electrons. The van der Waals surface area contributed by atoms with E-state index < -0.39 is 4.92 Å². The van der Waals surface area contributed by atoms with Crippen molar-refractivity contribution in [3.8, 4) is 6.07 Å². The molecule has 1 unspecified atom stereocenters. The van der Waals surface area contributed by atoms with E-state index in [1.807, 2.05) is 18.2 Å². The maximum absolute atomic E-state index is 10.6. The van der Waals surface area contributed by atoms with Crippen LogP contribution in [-0.4, -0.2) is 11.5 Å². The minimum Gasteiger partial charge on any atom is -0.309 e. The summed E-state index contributed by atoms with van der Waals surface area (Å²) in [7, 11) is 0. The summed E-state index contributed by atoms with van der Waals surface area (Å²) >= 11 is 0. The Labute approximate surface area is 135 Å². The lowest BCUT2D eigenvalue weighted by molar-refractivity contribution is -0.384. The second-order valence-electron chi connectivity index (χ2n) is 5.49. The van der Waals surface area contributed by atoms with Crippen LogP contribution >= 0.6 is 0 Å². The van der Waals surface area contributed by atoms with Gasteiger partial charge in [-0.1, -0.05) is 42.5 Å². The van der Waals surface area contributed by atoms with E-state index in [1.165, 1.54) is 17.7 Å². The minimum atomic E-state index is -0.422. The Morgan fingerprint density at radius 2 is 1.83 bits per heavy atom. The molecule has 2 rings (SSSR count). The number of non-ortho nitro benzene ring substituents is 1. The average Bonchev–Trinajstić information content (AvgIpc) is 2.59. The molecule has 2 aromatic carbocycles. The van der Waals surface area contributed by atoms with E-state index in [9.17, 15) is 15.4 Å². The van der Waals surface area contributed by atoms with Gasteiger partial charge in [0.1, 0.15) is 0 Å². The Kier molecular flexibility index (Phi) is 5.84. The van der Waals surface area contributed by atoms with Crippen LogP contribution in [0.5, 0.6) is 0 Å². The van der Waals surface area contributed by atoms with Gasteiger partial charge in [0.15, 0.2) is 0 Å². The Morgan fingerprint density at radius 3 is 2.39 bits per heavy atom. The zero-order chi connectivity index (χ0) is 16.7. The molecular weight excluding hydrogens is 290 g/mol. The molecule has 0 aliphatic heterocycles. The number of benzene rings is 2. The maximum atomic E-state index is 10.6. The van der Waals surface area contributed by atoms with Crippen LogP contribution in [0.1, 0.15) is 24.1 Å². The maximum Gasteiger partial charge on any atom is 0.269 e. The number of nitro benzene ring substituents is 1. The van der Waals surface area contributed by atoms with Gasteiger partial charge in [-0.05, 0) is 24.5 Å². The van der Waals surface area contributed by atoms with E-state index in [0.29, 0.717) is 13.0 Å². The fourth-order valence-electron chi connectivity index (χ4n) is 2.38. The SMILES string of the molecule is C[C@@H](NCC(C#N)Cc1ccc([N+](=O)[O-])cc1)c1ccccc1. The molecule has 0 saturated carbocycles. The standard InChI is InChI=1S/C18H19N3O2/c1-14(17-5-3-2-4-6-17)20-13-16(12-19)11-15-7-9-18(10-8-15)21(22)23/h2-10,14,16,20H,11,13H2,1H3/t14-,16?/m1/s1. The molecule has 0 heterocycles. The minimum absolute atomic E-state index is 0.0677. The van der Waals surface area contributed by atoms with Crippen LogP contribution in [0.4, 0.5) is 5.69 Å². The molecule has 0 amide bonds. The first-order chi connectivity index (χ1) is 11.1. The highest BCUT2D eigenvalue weighted by Gasteiger charge is 2.12. The number of nitrogens with zero attached hydrogens (tertiary/aromatic N) is 2. The van der Waals surface area contributed by atoms with Crippen molar-refractivity contribution >= 4 is 5.69 Å². The molecule has 1 N–H and O–H groups in total. The Bertz CT molecular complexity index is 678. The second-order valence-corrected chi connectivity index (χ2v) is 5.49. The van der Waals surface area contributed by atoms with Crippen molar-refractivity contribution in [1.29, 1.82) is 5.26 Å². The van der Waals surface area contributed by atoms with Gasteiger partial charge in [0, 0.05) is 24.7 Å². The first kappa shape index (κ1) is 16.7. The molecule has 5 nitrogen and oxygen atoms in total. The molecule has 118 valence electrons.